The van der Waals surface area contributed by atoms with Gasteiger partial charge >= 0.3 is 0 Å². The largest absolute Gasteiger partial charge is 0.464 e. The first-order chi connectivity index (χ1) is 15.5. The number of aryl methyl sites for hydroxylation is 2. The number of hydrogen-bond acceptors (Lipinski definition) is 7. The maximum Gasteiger partial charge on any atom is 0.266 e. The SMILES string of the molecule is COCCC(Oc1ncnc2c1cnn2-c1cccc(C)c1)C(=O)Nc1ccc(C)cn1. The van der Waals surface area contributed by atoms with E-state index in [0.29, 0.717) is 29.9 Å². The molecule has 0 saturated heterocycles. The van der Waals surface area contributed by atoms with Gasteiger partial charge in [0, 0.05) is 19.7 Å². The number of amides is 1. The summed E-state index contributed by atoms with van der Waals surface area (Å²) in [4.78, 5) is 25.8. The van der Waals surface area contributed by atoms with Crippen molar-refractivity contribution < 1.29 is 14.3 Å². The van der Waals surface area contributed by atoms with E-state index in [1.165, 1.54) is 6.33 Å². The average molecular weight is 432 g/mol. The minimum Gasteiger partial charge on any atom is -0.464 e. The van der Waals surface area contributed by atoms with Gasteiger partial charge in [0.2, 0.25) is 5.88 Å². The summed E-state index contributed by atoms with van der Waals surface area (Å²) in [5.74, 6) is 0.394. The highest BCUT2D eigenvalue weighted by Gasteiger charge is 2.23. The fraction of sp³-hybridized carbons (Fsp3) is 0.261. The number of nitrogens with one attached hydrogen (secondary N) is 1. The van der Waals surface area contributed by atoms with Gasteiger partial charge in [-0.3, -0.25) is 4.79 Å². The normalized spacial score (nSPS) is 12.0. The maximum absolute atomic E-state index is 12.9. The lowest BCUT2D eigenvalue weighted by Gasteiger charge is -2.18. The van der Waals surface area contributed by atoms with E-state index in [4.69, 9.17) is 9.47 Å². The number of carbonyl (C=O) groups excluding carboxylic acids is 1. The van der Waals surface area contributed by atoms with Gasteiger partial charge in [-0.15, -0.1) is 0 Å². The lowest BCUT2D eigenvalue weighted by atomic mass is 10.2. The lowest BCUT2D eigenvalue weighted by Crippen LogP contribution is -2.34. The van der Waals surface area contributed by atoms with Gasteiger partial charge in [-0.05, 0) is 43.2 Å². The minimum atomic E-state index is -0.835. The molecule has 0 bridgehead atoms. The molecule has 0 fully saturated rings. The highest BCUT2D eigenvalue weighted by atomic mass is 16.5. The van der Waals surface area contributed by atoms with E-state index in [9.17, 15) is 4.79 Å². The van der Waals surface area contributed by atoms with Crippen LogP contribution < -0.4 is 10.1 Å². The molecule has 1 aromatic carbocycles. The molecule has 0 spiro atoms. The molecular formula is C23H24N6O3. The summed E-state index contributed by atoms with van der Waals surface area (Å²) in [5.41, 5.74) is 3.58. The number of benzene rings is 1. The summed E-state index contributed by atoms with van der Waals surface area (Å²) < 4.78 is 12.9. The van der Waals surface area contributed by atoms with Crippen LogP contribution >= 0.6 is 0 Å². The molecule has 0 aliphatic heterocycles. The predicted molar refractivity (Wildman–Crippen MR) is 120 cm³/mol. The molecule has 0 saturated carbocycles. The molecule has 4 rings (SSSR count). The topological polar surface area (TPSA) is 104 Å². The standard InChI is InChI=1S/C23H24N6O3/c1-15-5-4-6-17(11-15)29-21-18(13-27-29)23(26-14-25-21)32-19(9-10-31-3)22(30)28-20-8-7-16(2)12-24-20/h4-8,11-14,19H,9-10H2,1-3H3,(H,24,28,30). The van der Waals surface area contributed by atoms with Crippen LogP contribution in [-0.2, 0) is 9.53 Å². The van der Waals surface area contributed by atoms with Gasteiger partial charge in [0.05, 0.1) is 18.5 Å². The fourth-order valence-electron chi connectivity index (χ4n) is 3.22. The summed E-state index contributed by atoms with van der Waals surface area (Å²) in [5, 5.41) is 7.85. The molecule has 3 heterocycles. The number of hydrogen-bond donors (Lipinski definition) is 1. The van der Waals surface area contributed by atoms with Gasteiger partial charge in [-0.1, -0.05) is 18.2 Å². The van der Waals surface area contributed by atoms with Gasteiger partial charge in [0.1, 0.15) is 17.5 Å². The molecule has 1 unspecified atom stereocenters. The average Bonchev–Trinajstić information content (AvgIpc) is 3.23. The van der Waals surface area contributed by atoms with Crippen LogP contribution in [0.1, 0.15) is 17.5 Å². The van der Waals surface area contributed by atoms with Crippen LogP contribution in [0.3, 0.4) is 0 Å². The van der Waals surface area contributed by atoms with Crippen molar-refractivity contribution in [1.29, 1.82) is 0 Å². The Hall–Kier alpha value is -3.85. The third kappa shape index (κ3) is 4.73. The van der Waals surface area contributed by atoms with Crippen LogP contribution in [0.2, 0.25) is 0 Å². The van der Waals surface area contributed by atoms with Crippen LogP contribution in [0.4, 0.5) is 5.82 Å². The molecule has 0 aliphatic rings. The molecule has 3 aromatic heterocycles. The molecule has 1 atom stereocenters. The second-order valence-corrected chi connectivity index (χ2v) is 7.41. The Morgan fingerprint density at radius 3 is 2.72 bits per heavy atom. The molecule has 1 N–H and O–H groups in total. The van der Waals surface area contributed by atoms with Crippen LogP contribution in [0.25, 0.3) is 16.7 Å². The van der Waals surface area contributed by atoms with E-state index >= 15 is 0 Å². The van der Waals surface area contributed by atoms with Crippen molar-refractivity contribution in [3.8, 4) is 11.6 Å². The van der Waals surface area contributed by atoms with E-state index in [2.05, 4.69) is 25.4 Å². The third-order valence-electron chi connectivity index (χ3n) is 4.87. The zero-order valence-corrected chi connectivity index (χ0v) is 18.1. The van der Waals surface area contributed by atoms with Crippen LogP contribution in [0.15, 0.2) is 55.1 Å². The first-order valence-corrected chi connectivity index (χ1v) is 10.2. The molecule has 0 aliphatic carbocycles. The molecule has 9 heteroatoms. The lowest BCUT2D eigenvalue weighted by molar-refractivity contribution is -0.123. The van der Waals surface area contributed by atoms with Gasteiger partial charge in [0.15, 0.2) is 11.8 Å². The number of fused-ring (bicyclic) bond motifs is 1. The summed E-state index contributed by atoms with van der Waals surface area (Å²) >= 11 is 0. The predicted octanol–water partition coefficient (Wildman–Crippen LogP) is 3.25. The number of nitrogens with zero attached hydrogens (tertiary/aromatic N) is 5. The van der Waals surface area contributed by atoms with Crippen molar-refractivity contribution in [1.82, 2.24) is 24.7 Å². The van der Waals surface area contributed by atoms with Crippen molar-refractivity contribution in [2.45, 2.75) is 26.4 Å². The fourth-order valence-corrected chi connectivity index (χ4v) is 3.22. The number of methoxy groups -OCH3 is 1. The van der Waals surface area contributed by atoms with E-state index in [0.717, 1.165) is 16.8 Å². The number of ether oxygens (including phenoxy) is 2. The molecule has 0 radical (unpaired) electrons. The van der Waals surface area contributed by atoms with Crippen molar-refractivity contribution in [3.05, 3.63) is 66.2 Å². The zero-order valence-electron chi connectivity index (χ0n) is 18.1. The Balaban J connectivity index is 1.61. The summed E-state index contributed by atoms with van der Waals surface area (Å²) in [7, 11) is 1.57. The second kappa shape index (κ2) is 9.52. The molecule has 1 amide bonds. The Bertz CT molecular complexity index is 1220. The van der Waals surface area contributed by atoms with E-state index in [1.54, 1.807) is 30.3 Å². The second-order valence-electron chi connectivity index (χ2n) is 7.41. The molecule has 164 valence electrons. The van der Waals surface area contributed by atoms with Gasteiger partial charge < -0.3 is 14.8 Å². The quantitative estimate of drug-likeness (QED) is 0.456. The Kier molecular flexibility index (Phi) is 6.37. The highest BCUT2D eigenvalue weighted by molar-refractivity contribution is 5.94. The van der Waals surface area contributed by atoms with Crippen LogP contribution in [0, 0.1) is 13.8 Å². The summed E-state index contributed by atoms with van der Waals surface area (Å²) in [6.45, 7) is 4.29. The van der Waals surface area contributed by atoms with E-state index < -0.39 is 6.10 Å². The summed E-state index contributed by atoms with van der Waals surface area (Å²) in [6.07, 6.45) is 4.23. The van der Waals surface area contributed by atoms with Crippen molar-refractivity contribution in [2.24, 2.45) is 0 Å². The van der Waals surface area contributed by atoms with Gasteiger partial charge in [0.25, 0.3) is 5.91 Å². The summed E-state index contributed by atoms with van der Waals surface area (Å²) in [6, 6.07) is 11.6. The molecular weight excluding hydrogens is 408 g/mol. The highest BCUT2D eigenvalue weighted by Crippen LogP contribution is 2.25. The smallest absolute Gasteiger partial charge is 0.266 e. The molecule has 9 nitrogen and oxygen atoms in total. The number of carbonyl (C=O) groups is 1. The zero-order chi connectivity index (χ0) is 22.5. The van der Waals surface area contributed by atoms with Crippen LogP contribution in [-0.4, -0.2) is 50.5 Å². The Morgan fingerprint density at radius 1 is 1.09 bits per heavy atom. The van der Waals surface area contributed by atoms with Crippen molar-refractivity contribution in [3.63, 3.8) is 0 Å². The molecule has 4 aromatic rings. The Labute approximate surface area is 185 Å². The van der Waals surface area contributed by atoms with Crippen molar-refractivity contribution >= 4 is 22.8 Å². The van der Waals surface area contributed by atoms with E-state index in [-0.39, 0.29) is 11.8 Å². The first kappa shape index (κ1) is 21.4. The monoisotopic (exact) mass is 432 g/mol. The maximum atomic E-state index is 12.9. The number of rotatable bonds is 8. The van der Waals surface area contributed by atoms with Gasteiger partial charge in [-0.2, -0.15) is 5.10 Å². The van der Waals surface area contributed by atoms with Crippen molar-refractivity contribution in [2.75, 3.05) is 19.0 Å². The van der Waals surface area contributed by atoms with Gasteiger partial charge in [-0.25, -0.2) is 19.6 Å². The first-order valence-electron chi connectivity index (χ1n) is 10.2. The van der Waals surface area contributed by atoms with Crippen LogP contribution in [0.5, 0.6) is 5.88 Å². The minimum absolute atomic E-state index is 0.280. The Morgan fingerprint density at radius 2 is 1.97 bits per heavy atom. The number of aromatic nitrogens is 5. The van der Waals surface area contributed by atoms with E-state index in [1.807, 2.05) is 44.2 Å². The third-order valence-corrected chi connectivity index (χ3v) is 4.87. The number of anilines is 1. The number of pyridine rings is 1. The molecule has 32 heavy (non-hydrogen) atoms.